The highest BCUT2D eigenvalue weighted by molar-refractivity contribution is 9.10. The van der Waals surface area contributed by atoms with E-state index in [1.165, 1.54) is 5.57 Å². The topological polar surface area (TPSA) is 43.6 Å². The van der Waals surface area contributed by atoms with Crippen molar-refractivity contribution >= 4 is 21.5 Å². The number of hydrogen-bond acceptors (Lipinski definition) is 3. The van der Waals surface area contributed by atoms with Crippen molar-refractivity contribution in [3.05, 3.63) is 166 Å². The molecule has 0 fully saturated rings. The average molecular weight is 560 g/mol. The first-order valence-electron chi connectivity index (χ1n) is 12.7. The zero-order chi connectivity index (χ0) is 26.0. The summed E-state index contributed by atoms with van der Waals surface area (Å²) in [4.78, 5) is 0. The van der Waals surface area contributed by atoms with Crippen molar-refractivity contribution < 1.29 is 0 Å². The summed E-state index contributed by atoms with van der Waals surface area (Å²) in [6.07, 6.45) is 7.31. The van der Waals surface area contributed by atoms with Crippen molar-refractivity contribution in [2.45, 2.75) is 24.3 Å². The molecule has 0 amide bonds. The van der Waals surface area contributed by atoms with Crippen LogP contribution in [0.3, 0.4) is 0 Å². The Morgan fingerprint density at radius 3 is 1.79 bits per heavy atom. The number of allylic oxidation sites excluding steroid dienone is 4. The monoisotopic (exact) mass is 558 g/mol. The number of benzene rings is 4. The van der Waals surface area contributed by atoms with Gasteiger partial charge in [0.1, 0.15) is 5.54 Å². The van der Waals surface area contributed by atoms with Crippen LogP contribution in [-0.2, 0) is 11.0 Å². The first-order valence-corrected chi connectivity index (χ1v) is 13.5. The standard InChI is InChI=1S/C33H27BrN4/c1-32(24-12-11-19-30(32)25-20-22-29(34)23-21-25)31-35-36-37-38(31)33(26-13-5-2-6-14-26,27-15-7-3-8-16-27)28-17-9-4-10-18-28/h2-23H,24H2,1H3. The van der Waals surface area contributed by atoms with Crippen LogP contribution < -0.4 is 0 Å². The first kappa shape index (κ1) is 24.3. The minimum atomic E-state index is -0.780. The Labute approximate surface area is 231 Å². The summed E-state index contributed by atoms with van der Waals surface area (Å²) in [5.74, 6) is 0.813. The van der Waals surface area contributed by atoms with Crippen LogP contribution in [0.25, 0.3) is 5.57 Å². The van der Waals surface area contributed by atoms with Gasteiger partial charge in [-0.2, -0.15) is 0 Å². The molecule has 6 rings (SSSR count). The van der Waals surface area contributed by atoms with E-state index in [9.17, 15) is 0 Å². The average Bonchev–Trinajstić information content (AvgIpc) is 3.47. The van der Waals surface area contributed by atoms with Gasteiger partial charge in [0.15, 0.2) is 5.82 Å². The van der Waals surface area contributed by atoms with Crippen molar-refractivity contribution in [3.63, 3.8) is 0 Å². The van der Waals surface area contributed by atoms with E-state index in [4.69, 9.17) is 10.3 Å². The highest BCUT2D eigenvalue weighted by Gasteiger charge is 2.46. The fourth-order valence-corrected chi connectivity index (χ4v) is 5.94. The molecule has 5 aromatic rings. The smallest absolute Gasteiger partial charge is 0.163 e. The molecule has 4 aromatic carbocycles. The lowest BCUT2D eigenvalue weighted by Gasteiger charge is -2.40. The Morgan fingerprint density at radius 2 is 1.26 bits per heavy atom. The minimum Gasteiger partial charge on any atom is -0.209 e. The molecule has 1 heterocycles. The molecule has 1 aliphatic rings. The highest BCUT2D eigenvalue weighted by atomic mass is 79.9. The highest BCUT2D eigenvalue weighted by Crippen LogP contribution is 2.47. The summed E-state index contributed by atoms with van der Waals surface area (Å²) in [7, 11) is 0. The largest absolute Gasteiger partial charge is 0.209 e. The fourth-order valence-electron chi connectivity index (χ4n) is 5.68. The van der Waals surface area contributed by atoms with Gasteiger partial charge in [-0.05, 0) is 63.7 Å². The molecule has 0 saturated heterocycles. The van der Waals surface area contributed by atoms with Gasteiger partial charge in [-0.3, -0.25) is 0 Å². The minimum absolute atomic E-state index is 0.463. The van der Waals surface area contributed by atoms with Gasteiger partial charge < -0.3 is 0 Å². The molecule has 186 valence electrons. The lowest BCUT2D eigenvalue weighted by atomic mass is 9.71. The number of halogens is 1. The number of rotatable bonds is 6. The quantitative estimate of drug-likeness (QED) is 0.202. The van der Waals surface area contributed by atoms with Crippen LogP contribution in [0, 0.1) is 0 Å². The Balaban J connectivity index is 1.66. The van der Waals surface area contributed by atoms with Crippen molar-refractivity contribution in [3.8, 4) is 0 Å². The molecule has 0 N–H and O–H groups in total. The molecule has 1 atom stereocenters. The summed E-state index contributed by atoms with van der Waals surface area (Å²) < 4.78 is 3.11. The van der Waals surface area contributed by atoms with Crippen LogP contribution in [0.5, 0.6) is 0 Å². The molecule has 38 heavy (non-hydrogen) atoms. The van der Waals surface area contributed by atoms with Gasteiger partial charge in [-0.15, -0.1) is 5.10 Å². The zero-order valence-electron chi connectivity index (χ0n) is 21.1. The van der Waals surface area contributed by atoms with Crippen molar-refractivity contribution in [1.82, 2.24) is 20.2 Å². The predicted octanol–water partition coefficient (Wildman–Crippen LogP) is 7.58. The second-order valence-electron chi connectivity index (χ2n) is 9.77. The van der Waals surface area contributed by atoms with E-state index in [0.29, 0.717) is 0 Å². The maximum Gasteiger partial charge on any atom is 0.163 e. The summed E-state index contributed by atoms with van der Waals surface area (Å²) in [6.45, 7) is 2.25. The van der Waals surface area contributed by atoms with Crippen molar-refractivity contribution in [1.29, 1.82) is 0 Å². The number of aromatic nitrogens is 4. The van der Waals surface area contributed by atoms with Gasteiger partial charge >= 0.3 is 0 Å². The van der Waals surface area contributed by atoms with E-state index >= 15 is 0 Å². The first-order chi connectivity index (χ1) is 18.6. The summed E-state index contributed by atoms with van der Waals surface area (Å²) in [5.41, 5.74) is 4.37. The molecule has 5 heteroatoms. The molecule has 4 nitrogen and oxygen atoms in total. The molecular formula is C33H27BrN4. The molecule has 0 aliphatic heterocycles. The second-order valence-corrected chi connectivity index (χ2v) is 10.7. The molecule has 1 aromatic heterocycles. The van der Waals surface area contributed by atoms with Crippen molar-refractivity contribution in [2.24, 2.45) is 0 Å². The molecule has 0 saturated carbocycles. The van der Waals surface area contributed by atoms with Crippen LogP contribution in [0.2, 0.25) is 0 Å². The third-order valence-electron chi connectivity index (χ3n) is 7.53. The van der Waals surface area contributed by atoms with E-state index in [-0.39, 0.29) is 0 Å². The van der Waals surface area contributed by atoms with E-state index in [2.05, 4.69) is 148 Å². The Bertz CT molecular complexity index is 1490. The molecule has 0 spiro atoms. The fraction of sp³-hybridized carbons (Fsp3) is 0.121. The molecule has 0 bridgehead atoms. The Hall–Kier alpha value is -4.09. The molecular weight excluding hydrogens is 532 g/mol. The molecule has 1 aliphatic carbocycles. The van der Waals surface area contributed by atoms with Gasteiger partial charge in [0.2, 0.25) is 0 Å². The third kappa shape index (κ3) is 3.95. The number of nitrogens with zero attached hydrogens (tertiary/aromatic N) is 4. The van der Waals surface area contributed by atoms with Crippen molar-refractivity contribution in [2.75, 3.05) is 0 Å². The summed E-state index contributed by atoms with van der Waals surface area (Å²) in [5, 5.41) is 13.9. The van der Waals surface area contributed by atoms with Gasteiger partial charge in [-0.1, -0.05) is 137 Å². The maximum absolute atomic E-state index is 4.78. The van der Waals surface area contributed by atoms with Crippen LogP contribution >= 0.6 is 15.9 Å². The number of hydrogen-bond donors (Lipinski definition) is 0. The third-order valence-corrected chi connectivity index (χ3v) is 8.06. The lowest BCUT2D eigenvalue weighted by molar-refractivity contribution is 0.399. The zero-order valence-corrected chi connectivity index (χ0v) is 22.7. The molecule has 0 radical (unpaired) electrons. The summed E-state index contributed by atoms with van der Waals surface area (Å²) >= 11 is 3.58. The van der Waals surface area contributed by atoms with E-state index in [1.807, 2.05) is 18.2 Å². The summed E-state index contributed by atoms with van der Waals surface area (Å²) in [6, 6.07) is 40.1. The maximum atomic E-state index is 4.78. The van der Waals surface area contributed by atoms with Crippen LogP contribution in [0.4, 0.5) is 0 Å². The van der Waals surface area contributed by atoms with Gasteiger partial charge in [-0.25, -0.2) is 4.68 Å². The number of tetrazole rings is 1. The Kier molecular flexibility index (Phi) is 6.38. The van der Waals surface area contributed by atoms with Gasteiger partial charge in [0.25, 0.3) is 0 Å². The second kappa shape index (κ2) is 9.99. The SMILES string of the molecule is CC1(c2nnnn2C(c2ccccc2)(c2ccccc2)c2ccccc2)CC=CC=C1c1ccc(Br)cc1. The molecule has 1 unspecified atom stereocenters. The van der Waals surface area contributed by atoms with Crippen LogP contribution in [-0.4, -0.2) is 20.2 Å². The van der Waals surface area contributed by atoms with Gasteiger partial charge in [0.05, 0.1) is 5.41 Å². The van der Waals surface area contributed by atoms with Crippen LogP contribution in [0.1, 0.15) is 41.4 Å². The van der Waals surface area contributed by atoms with E-state index < -0.39 is 11.0 Å². The lowest BCUT2D eigenvalue weighted by Crippen LogP contribution is -2.43. The van der Waals surface area contributed by atoms with Crippen LogP contribution in [0.15, 0.2) is 138 Å². The van der Waals surface area contributed by atoms with E-state index in [1.54, 1.807) is 0 Å². The van der Waals surface area contributed by atoms with E-state index in [0.717, 1.165) is 39.0 Å². The van der Waals surface area contributed by atoms with Gasteiger partial charge in [0, 0.05) is 4.47 Å². The Morgan fingerprint density at radius 1 is 0.737 bits per heavy atom. The normalized spacial score (nSPS) is 17.3. The predicted molar refractivity (Wildman–Crippen MR) is 156 cm³/mol.